The highest BCUT2D eigenvalue weighted by Gasteiger charge is 2.01. The fourth-order valence-electron chi connectivity index (χ4n) is 1.50. The van der Waals surface area contributed by atoms with Crippen LogP contribution < -0.4 is 0 Å². The van der Waals surface area contributed by atoms with Gasteiger partial charge in [-0.15, -0.1) is 0 Å². The lowest BCUT2D eigenvalue weighted by atomic mass is 10.1. The SMILES string of the molecule is CC.CCn1ncc2c(C)cccc21. The predicted octanol–water partition coefficient (Wildman–Crippen LogP) is 3.39. The Hall–Kier alpha value is -1.31. The van der Waals surface area contributed by atoms with Crippen molar-refractivity contribution in [3.63, 3.8) is 0 Å². The van der Waals surface area contributed by atoms with Crippen LogP contribution in [-0.4, -0.2) is 9.78 Å². The average molecular weight is 190 g/mol. The molecule has 0 unspecified atom stereocenters. The minimum Gasteiger partial charge on any atom is -0.265 e. The summed E-state index contributed by atoms with van der Waals surface area (Å²) in [4.78, 5) is 0. The van der Waals surface area contributed by atoms with E-state index in [9.17, 15) is 0 Å². The molecule has 2 rings (SSSR count). The molecule has 14 heavy (non-hydrogen) atoms. The van der Waals surface area contributed by atoms with Crippen molar-refractivity contribution >= 4 is 10.9 Å². The summed E-state index contributed by atoms with van der Waals surface area (Å²) in [6.45, 7) is 9.16. The fraction of sp³-hybridized carbons (Fsp3) is 0.417. The van der Waals surface area contributed by atoms with E-state index < -0.39 is 0 Å². The van der Waals surface area contributed by atoms with Crippen LogP contribution in [0.4, 0.5) is 0 Å². The Kier molecular flexibility index (Phi) is 3.69. The third-order valence-corrected chi connectivity index (χ3v) is 2.20. The highest BCUT2D eigenvalue weighted by Crippen LogP contribution is 2.16. The van der Waals surface area contributed by atoms with Gasteiger partial charge < -0.3 is 0 Å². The molecule has 2 heteroatoms. The zero-order chi connectivity index (χ0) is 10.6. The molecule has 0 saturated carbocycles. The van der Waals surface area contributed by atoms with Gasteiger partial charge in [-0.3, -0.25) is 4.68 Å². The molecule has 0 amide bonds. The van der Waals surface area contributed by atoms with E-state index in [-0.39, 0.29) is 0 Å². The average Bonchev–Trinajstić information content (AvgIpc) is 2.65. The van der Waals surface area contributed by atoms with E-state index in [0.29, 0.717) is 0 Å². The second-order valence-corrected chi connectivity index (χ2v) is 2.97. The van der Waals surface area contributed by atoms with E-state index in [4.69, 9.17) is 0 Å². The minimum absolute atomic E-state index is 0.937. The van der Waals surface area contributed by atoms with Crippen molar-refractivity contribution in [2.45, 2.75) is 34.2 Å². The molecule has 0 saturated heterocycles. The molecule has 0 aliphatic heterocycles. The molecule has 0 aliphatic rings. The lowest BCUT2D eigenvalue weighted by Gasteiger charge is -1.98. The van der Waals surface area contributed by atoms with Gasteiger partial charge in [0, 0.05) is 11.9 Å². The highest BCUT2D eigenvalue weighted by atomic mass is 15.3. The maximum absolute atomic E-state index is 4.29. The molecule has 0 aliphatic carbocycles. The quantitative estimate of drug-likeness (QED) is 0.674. The second-order valence-electron chi connectivity index (χ2n) is 2.97. The third kappa shape index (κ3) is 1.79. The lowest BCUT2D eigenvalue weighted by Crippen LogP contribution is -1.94. The molecule has 0 fully saturated rings. The topological polar surface area (TPSA) is 17.8 Å². The number of hydrogen-bond donors (Lipinski definition) is 0. The zero-order valence-corrected chi connectivity index (χ0v) is 9.41. The summed E-state index contributed by atoms with van der Waals surface area (Å²) in [6.07, 6.45) is 1.94. The van der Waals surface area contributed by atoms with Gasteiger partial charge in [0.2, 0.25) is 0 Å². The van der Waals surface area contributed by atoms with Crippen LogP contribution in [0.2, 0.25) is 0 Å². The molecule has 0 radical (unpaired) electrons. The Morgan fingerprint density at radius 3 is 2.64 bits per heavy atom. The molecule has 0 N–H and O–H groups in total. The normalized spacial score (nSPS) is 9.71. The standard InChI is InChI=1S/C10H12N2.C2H6/c1-3-12-10-6-4-5-8(2)9(10)7-11-12;1-2/h4-7H,3H2,1-2H3;1-2H3. The van der Waals surface area contributed by atoms with Crippen LogP contribution >= 0.6 is 0 Å². The number of nitrogens with zero attached hydrogens (tertiary/aromatic N) is 2. The Labute approximate surface area is 85.6 Å². The number of aromatic nitrogens is 2. The first kappa shape index (κ1) is 10.8. The van der Waals surface area contributed by atoms with Crippen molar-refractivity contribution < 1.29 is 0 Å². The summed E-state index contributed by atoms with van der Waals surface area (Å²) in [5.41, 5.74) is 2.53. The molecule has 2 aromatic rings. The molecular formula is C12H18N2. The van der Waals surface area contributed by atoms with E-state index in [1.54, 1.807) is 0 Å². The van der Waals surface area contributed by atoms with Crippen molar-refractivity contribution in [2.75, 3.05) is 0 Å². The Balaban J connectivity index is 0.000000461. The van der Waals surface area contributed by atoms with Crippen molar-refractivity contribution in [2.24, 2.45) is 0 Å². The van der Waals surface area contributed by atoms with Gasteiger partial charge in [-0.2, -0.15) is 5.10 Å². The van der Waals surface area contributed by atoms with Crippen molar-refractivity contribution in [3.8, 4) is 0 Å². The summed E-state index contributed by atoms with van der Waals surface area (Å²) in [7, 11) is 0. The Morgan fingerprint density at radius 1 is 1.29 bits per heavy atom. The first-order valence-electron chi connectivity index (χ1n) is 5.24. The summed E-state index contributed by atoms with van der Waals surface area (Å²) < 4.78 is 2.02. The lowest BCUT2D eigenvalue weighted by molar-refractivity contribution is 0.684. The van der Waals surface area contributed by atoms with E-state index in [0.717, 1.165) is 6.54 Å². The number of aryl methyl sites for hydroxylation is 2. The molecular weight excluding hydrogens is 172 g/mol. The van der Waals surface area contributed by atoms with Gasteiger partial charge in [-0.1, -0.05) is 26.0 Å². The van der Waals surface area contributed by atoms with Crippen LogP contribution in [0.5, 0.6) is 0 Å². The van der Waals surface area contributed by atoms with Gasteiger partial charge in [-0.25, -0.2) is 0 Å². The predicted molar refractivity (Wildman–Crippen MR) is 61.5 cm³/mol. The van der Waals surface area contributed by atoms with E-state index in [1.165, 1.54) is 16.5 Å². The Bertz CT molecular complexity index is 402. The second kappa shape index (κ2) is 4.80. The van der Waals surface area contributed by atoms with Crippen LogP contribution in [0.3, 0.4) is 0 Å². The highest BCUT2D eigenvalue weighted by molar-refractivity contribution is 5.81. The smallest absolute Gasteiger partial charge is 0.0684 e. The Morgan fingerprint density at radius 2 is 2.00 bits per heavy atom. The fourth-order valence-corrected chi connectivity index (χ4v) is 1.50. The van der Waals surface area contributed by atoms with Crippen molar-refractivity contribution in [1.29, 1.82) is 0 Å². The van der Waals surface area contributed by atoms with Crippen LogP contribution in [0, 0.1) is 6.92 Å². The van der Waals surface area contributed by atoms with Crippen LogP contribution in [0.1, 0.15) is 26.3 Å². The van der Waals surface area contributed by atoms with E-state index in [1.807, 2.05) is 24.7 Å². The van der Waals surface area contributed by atoms with Gasteiger partial charge in [0.15, 0.2) is 0 Å². The number of fused-ring (bicyclic) bond motifs is 1. The summed E-state index contributed by atoms with van der Waals surface area (Å²) in [5.74, 6) is 0. The number of rotatable bonds is 1. The van der Waals surface area contributed by atoms with Gasteiger partial charge in [-0.05, 0) is 25.5 Å². The monoisotopic (exact) mass is 190 g/mol. The molecule has 76 valence electrons. The van der Waals surface area contributed by atoms with Gasteiger partial charge in [0.05, 0.1) is 11.7 Å². The van der Waals surface area contributed by atoms with Crippen molar-refractivity contribution in [1.82, 2.24) is 9.78 Å². The van der Waals surface area contributed by atoms with Crippen LogP contribution in [-0.2, 0) is 6.54 Å². The number of hydrogen-bond acceptors (Lipinski definition) is 1. The number of benzene rings is 1. The summed E-state index contributed by atoms with van der Waals surface area (Å²) in [5, 5.41) is 5.55. The molecule has 2 nitrogen and oxygen atoms in total. The first-order valence-corrected chi connectivity index (χ1v) is 5.24. The van der Waals surface area contributed by atoms with Crippen LogP contribution in [0.25, 0.3) is 10.9 Å². The third-order valence-electron chi connectivity index (χ3n) is 2.20. The molecule has 1 aromatic heterocycles. The maximum atomic E-state index is 4.29. The summed E-state index contributed by atoms with van der Waals surface area (Å²) in [6, 6.07) is 6.30. The minimum atomic E-state index is 0.937. The molecule has 0 bridgehead atoms. The zero-order valence-electron chi connectivity index (χ0n) is 9.41. The van der Waals surface area contributed by atoms with Gasteiger partial charge in [0.1, 0.15) is 0 Å². The molecule has 0 atom stereocenters. The molecule has 0 spiro atoms. The molecule has 1 aromatic carbocycles. The summed E-state index contributed by atoms with van der Waals surface area (Å²) >= 11 is 0. The largest absolute Gasteiger partial charge is 0.265 e. The molecule has 1 heterocycles. The van der Waals surface area contributed by atoms with Crippen molar-refractivity contribution in [3.05, 3.63) is 30.0 Å². The maximum Gasteiger partial charge on any atom is 0.0684 e. The first-order chi connectivity index (χ1) is 6.83. The van der Waals surface area contributed by atoms with E-state index in [2.05, 4.69) is 37.1 Å². The van der Waals surface area contributed by atoms with Gasteiger partial charge in [0.25, 0.3) is 0 Å². The van der Waals surface area contributed by atoms with Crippen LogP contribution in [0.15, 0.2) is 24.4 Å². The van der Waals surface area contributed by atoms with Gasteiger partial charge >= 0.3 is 0 Å². The van der Waals surface area contributed by atoms with E-state index >= 15 is 0 Å².